The molecule has 0 aliphatic carbocycles. The molecule has 2 aromatic rings. The molecule has 2 saturated heterocycles. The number of Topliss-reactive ketones (excluding diaryl/α,β-unsaturated/α-hetero) is 1. The summed E-state index contributed by atoms with van der Waals surface area (Å²) in [6, 6.07) is 6.49. The van der Waals surface area contributed by atoms with Crippen LogP contribution < -0.4 is 0 Å². The molecule has 4 rings (SSSR count). The first-order valence-electron chi connectivity index (χ1n) is 12.2. The van der Waals surface area contributed by atoms with Gasteiger partial charge in [-0.05, 0) is 51.0 Å². The summed E-state index contributed by atoms with van der Waals surface area (Å²) in [4.78, 5) is 32.2. The molecule has 8 heteroatoms. The van der Waals surface area contributed by atoms with Gasteiger partial charge < -0.3 is 9.47 Å². The van der Waals surface area contributed by atoms with Crippen molar-refractivity contribution in [3.05, 3.63) is 52.1 Å². The number of aryl methyl sites for hydroxylation is 1. The van der Waals surface area contributed by atoms with Gasteiger partial charge in [0.05, 0.1) is 18.1 Å². The monoisotopic (exact) mass is 488 g/mol. The first-order chi connectivity index (χ1) is 16.3. The van der Waals surface area contributed by atoms with Crippen molar-refractivity contribution < 1.29 is 14.0 Å². The van der Waals surface area contributed by atoms with Crippen LogP contribution in [0.25, 0.3) is 5.69 Å². The van der Waals surface area contributed by atoms with Gasteiger partial charge in [0.15, 0.2) is 5.78 Å². The Morgan fingerprint density at radius 2 is 1.50 bits per heavy atom. The number of halogens is 2. The second-order valence-electron chi connectivity index (χ2n) is 9.49. The number of nitrogens with zero attached hydrogens (tertiary/aromatic N) is 4. The largest absolute Gasteiger partial charge is 0.342 e. The number of piperazine rings is 1. The maximum atomic E-state index is 13.6. The van der Waals surface area contributed by atoms with Crippen LogP contribution in [0.5, 0.6) is 0 Å². The van der Waals surface area contributed by atoms with Crippen LogP contribution in [0.2, 0.25) is 5.02 Å². The van der Waals surface area contributed by atoms with E-state index in [1.807, 2.05) is 29.4 Å². The Labute approximate surface area is 206 Å². The lowest BCUT2D eigenvalue weighted by molar-refractivity contribution is -0.132. The summed E-state index contributed by atoms with van der Waals surface area (Å²) in [5.41, 5.74) is 3.15. The Morgan fingerprint density at radius 1 is 0.882 bits per heavy atom. The highest BCUT2D eigenvalue weighted by molar-refractivity contribution is 6.30. The lowest BCUT2D eigenvalue weighted by atomic mass is 10.1. The van der Waals surface area contributed by atoms with Crippen LogP contribution in [0.1, 0.15) is 47.4 Å². The minimum Gasteiger partial charge on any atom is -0.342 e. The van der Waals surface area contributed by atoms with E-state index in [0.717, 1.165) is 69.2 Å². The summed E-state index contributed by atoms with van der Waals surface area (Å²) in [6.07, 6.45) is 4.65. The molecule has 0 unspecified atom stereocenters. The third kappa shape index (κ3) is 5.70. The predicted molar refractivity (Wildman–Crippen MR) is 132 cm³/mol. The van der Waals surface area contributed by atoms with Crippen molar-refractivity contribution in [3.8, 4) is 5.69 Å². The molecule has 34 heavy (non-hydrogen) atoms. The van der Waals surface area contributed by atoms with Crippen molar-refractivity contribution in [2.75, 3.05) is 52.4 Å². The Morgan fingerprint density at radius 3 is 2.12 bits per heavy atom. The molecule has 6 nitrogen and oxygen atoms in total. The van der Waals surface area contributed by atoms with Crippen molar-refractivity contribution >= 4 is 23.3 Å². The Hall–Kier alpha value is -2.22. The van der Waals surface area contributed by atoms with Crippen molar-refractivity contribution in [2.24, 2.45) is 0 Å². The number of ketones is 1. The average molecular weight is 489 g/mol. The lowest BCUT2D eigenvalue weighted by Gasteiger charge is -2.35. The maximum Gasteiger partial charge on any atom is 0.236 e. The van der Waals surface area contributed by atoms with Gasteiger partial charge in [-0.25, -0.2) is 4.39 Å². The van der Waals surface area contributed by atoms with Crippen LogP contribution in [0.15, 0.2) is 24.3 Å². The summed E-state index contributed by atoms with van der Waals surface area (Å²) in [5, 5.41) is 0.0603. The number of hydrogen-bond donors (Lipinski definition) is 0. The van der Waals surface area contributed by atoms with Gasteiger partial charge in [0, 0.05) is 61.9 Å². The van der Waals surface area contributed by atoms with Crippen molar-refractivity contribution in [3.63, 3.8) is 0 Å². The van der Waals surface area contributed by atoms with Gasteiger partial charge in [-0.1, -0.05) is 24.4 Å². The van der Waals surface area contributed by atoms with E-state index in [1.165, 1.54) is 18.9 Å². The van der Waals surface area contributed by atoms with Crippen LogP contribution in [0, 0.1) is 19.7 Å². The average Bonchev–Trinajstić information content (AvgIpc) is 2.98. The number of benzene rings is 1. The SMILES string of the molecule is Cc1cc(C(=O)CN2CCN(CC(=O)N3CCCCCC3)CC2)c(C)n1-c1ccc(F)c(Cl)c1. The van der Waals surface area contributed by atoms with E-state index in [0.29, 0.717) is 18.7 Å². The van der Waals surface area contributed by atoms with E-state index in [4.69, 9.17) is 11.6 Å². The van der Waals surface area contributed by atoms with E-state index in [9.17, 15) is 14.0 Å². The minimum atomic E-state index is -0.462. The van der Waals surface area contributed by atoms with Gasteiger partial charge in [0.1, 0.15) is 5.82 Å². The van der Waals surface area contributed by atoms with Crippen molar-refractivity contribution in [2.45, 2.75) is 39.5 Å². The van der Waals surface area contributed by atoms with E-state index in [1.54, 1.807) is 12.1 Å². The predicted octanol–water partition coefficient (Wildman–Crippen LogP) is 4.09. The standard InChI is InChI=1S/C26H34ClFN4O2/c1-19-15-22(20(2)32(19)21-7-8-24(28)23(27)16-21)25(33)17-29-11-13-30(14-12-29)18-26(34)31-9-5-3-4-6-10-31/h7-8,15-16H,3-6,9-14,17-18H2,1-2H3. The van der Waals surface area contributed by atoms with Crippen LogP contribution in [-0.4, -0.2) is 83.3 Å². The summed E-state index contributed by atoms with van der Waals surface area (Å²) >= 11 is 5.97. The smallest absolute Gasteiger partial charge is 0.236 e. The van der Waals surface area contributed by atoms with Gasteiger partial charge in [-0.15, -0.1) is 0 Å². The molecule has 0 spiro atoms. The number of carbonyl (C=O) groups is 2. The van der Waals surface area contributed by atoms with Crippen LogP contribution in [0.4, 0.5) is 4.39 Å². The number of amides is 1. The van der Waals surface area contributed by atoms with Gasteiger partial charge >= 0.3 is 0 Å². The molecule has 2 fully saturated rings. The molecule has 0 radical (unpaired) electrons. The molecule has 0 atom stereocenters. The van der Waals surface area contributed by atoms with Gasteiger partial charge in [-0.2, -0.15) is 0 Å². The van der Waals surface area contributed by atoms with Crippen LogP contribution in [0.3, 0.4) is 0 Å². The molecule has 1 aromatic carbocycles. The van der Waals surface area contributed by atoms with E-state index in [-0.39, 0.29) is 16.7 Å². The van der Waals surface area contributed by atoms with Gasteiger partial charge in [-0.3, -0.25) is 19.4 Å². The molecule has 2 aliphatic heterocycles. The highest BCUT2D eigenvalue weighted by Crippen LogP contribution is 2.25. The topological polar surface area (TPSA) is 48.8 Å². The van der Waals surface area contributed by atoms with Crippen molar-refractivity contribution in [1.82, 2.24) is 19.3 Å². The zero-order chi connectivity index (χ0) is 24.2. The molecule has 0 N–H and O–H groups in total. The van der Waals surface area contributed by atoms with Crippen molar-refractivity contribution in [1.29, 1.82) is 0 Å². The highest BCUT2D eigenvalue weighted by Gasteiger charge is 2.25. The minimum absolute atomic E-state index is 0.0603. The molecular weight excluding hydrogens is 455 g/mol. The molecule has 0 bridgehead atoms. The molecule has 1 aromatic heterocycles. The fourth-order valence-corrected chi connectivity index (χ4v) is 5.25. The maximum absolute atomic E-state index is 13.6. The lowest BCUT2D eigenvalue weighted by Crippen LogP contribution is -2.51. The second-order valence-corrected chi connectivity index (χ2v) is 9.90. The van der Waals surface area contributed by atoms with Crippen LogP contribution in [-0.2, 0) is 4.79 Å². The number of carbonyl (C=O) groups excluding carboxylic acids is 2. The van der Waals surface area contributed by atoms with Gasteiger partial charge in [0.2, 0.25) is 5.91 Å². The third-order valence-corrected chi connectivity index (χ3v) is 7.33. The van der Waals surface area contributed by atoms with Gasteiger partial charge in [0.25, 0.3) is 0 Å². The molecule has 184 valence electrons. The number of rotatable bonds is 6. The van der Waals surface area contributed by atoms with E-state index < -0.39 is 5.82 Å². The summed E-state index contributed by atoms with van der Waals surface area (Å²) in [5.74, 6) is -0.155. The molecule has 2 aliphatic rings. The summed E-state index contributed by atoms with van der Waals surface area (Å²) in [7, 11) is 0. The fraction of sp³-hybridized carbons (Fsp3) is 0.538. The summed E-state index contributed by atoms with van der Waals surface area (Å²) in [6.45, 7) is 9.55. The second kappa shape index (κ2) is 11.0. The zero-order valence-electron chi connectivity index (χ0n) is 20.2. The Bertz CT molecular complexity index is 1040. The Kier molecular flexibility index (Phi) is 8.06. The Balaban J connectivity index is 1.33. The molecule has 0 saturated carbocycles. The summed E-state index contributed by atoms with van der Waals surface area (Å²) < 4.78 is 15.5. The normalized spacial score (nSPS) is 18.2. The van der Waals surface area contributed by atoms with E-state index in [2.05, 4.69) is 9.80 Å². The fourth-order valence-electron chi connectivity index (χ4n) is 5.07. The number of likely N-dealkylation sites (tertiary alicyclic amines) is 1. The highest BCUT2D eigenvalue weighted by atomic mass is 35.5. The third-order valence-electron chi connectivity index (χ3n) is 7.04. The first-order valence-corrected chi connectivity index (χ1v) is 12.6. The molecule has 1 amide bonds. The number of aromatic nitrogens is 1. The zero-order valence-corrected chi connectivity index (χ0v) is 20.9. The molecule has 3 heterocycles. The van der Waals surface area contributed by atoms with E-state index >= 15 is 0 Å². The van der Waals surface area contributed by atoms with Crippen LogP contribution >= 0.6 is 11.6 Å². The number of hydrogen-bond acceptors (Lipinski definition) is 4. The quantitative estimate of drug-likeness (QED) is 0.575. The first kappa shape index (κ1) is 24.9. The molecular formula is C26H34ClFN4O2.